The SMILES string of the molecule is CCCCCCCCCCc1ccc2c(c1)sc1c3ccc(C(=O)Oc4ccc(C(=O)OCCC[C@@H](C)CC)cc4)cc3sc21. The van der Waals surface area contributed by atoms with Crippen LogP contribution in [0.5, 0.6) is 5.75 Å². The minimum atomic E-state index is -0.413. The van der Waals surface area contributed by atoms with E-state index in [1.165, 1.54) is 81.8 Å². The number of carbonyl (C=O) groups excluding carboxylic acids is 2. The van der Waals surface area contributed by atoms with E-state index in [0.717, 1.165) is 30.4 Å². The summed E-state index contributed by atoms with van der Waals surface area (Å²) in [6.45, 7) is 7.06. The number of hydrogen-bond acceptors (Lipinski definition) is 6. The maximum atomic E-state index is 13.0. The van der Waals surface area contributed by atoms with Gasteiger partial charge >= 0.3 is 11.9 Å². The van der Waals surface area contributed by atoms with Gasteiger partial charge in [-0.05, 0) is 79.6 Å². The van der Waals surface area contributed by atoms with Crippen molar-refractivity contribution in [3.8, 4) is 5.75 Å². The molecule has 6 heteroatoms. The number of carbonyl (C=O) groups is 2. The van der Waals surface area contributed by atoms with E-state index in [9.17, 15) is 9.59 Å². The van der Waals surface area contributed by atoms with Crippen molar-refractivity contribution in [2.45, 2.75) is 97.8 Å². The number of thiophene rings is 2. The van der Waals surface area contributed by atoms with Gasteiger partial charge in [-0.2, -0.15) is 0 Å². The molecule has 0 aliphatic rings. The lowest BCUT2D eigenvalue weighted by molar-refractivity contribution is 0.0494. The van der Waals surface area contributed by atoms with E-state index >= 15 is 0 Å². The second-order valence-corrected chi connectivity index (χ2v) is 14.4. The predicted octanol–water partition coefficient (Wildman–Crippen LogP) is 12.2. The maximum absolute atomic E-state index is 13.0. The Balaban J connectivity index is 1.17. The van der Waals surface area contributed by atoms with Gasteiger partial charge in [-0.25, -0.2) is 9.59 Å². The van der Waals surface area contributed by atoms with E-state index in [4.69, 9.17) is 9.47 Å². The van der Waals surface area contributed by atoms with Crippen molar-refractivity contribution in [1.29, 1.82) is 0 Å². The zero-order chi connectivity index (χ0) is 31.6. The molecule has 0 spiro atoms. The molecule has 4 nitrogen and oxygen atoms in total. The molecule has 0 amide bonds. The molecule has 1 atom stereocenters. The fourth-order valence-corrected chi connectivity index (χ4v) is 8.51. The van der Waals surface area contributed by atoms with E-state index in [2.05, 4.69) is 39.0 Å². The van der Waals surface area contributed by atoms with Gasteiger partial charge < -0.3 is 9.47 Å². The summed E-state index contributed by atoms with van der Waals surface area (Å²) in [6.07, 6.45) is 14.9. The average molecular weight is 643 g/mol. The summed E-state index contributed by atoms with van der Waals surface area (Å²) in [5.41, 5.74) is 2.39. The number of benzene rings is 3. The fraction of sp³-hybridized carbons (Fsp3) is 0.436. The van der Waals surface area contributed by atoms with Crippen LogP contribution in [0, 0.1) is 5.92 Å². The quantitative estimate of drug-likeness (QED) is 0.0575. The number of rotatable bonds is 17. The summed E-state index contributed by atoms with van der Waals surface area (Å²) in [5.74, 6) is 0.267. The summed E-state index contributed by atoms with van der Waals surface area (Å²) in [5, 5.41) is 2.48. The lowest BCUT2D eigenvalue weighted by Gasteiger charge is -2.09. The molecule has 0 aliphatic carbocycles. The van der Waals surface area contributed by atoms with Crippen molar-refractivity contribution >= 4 is 64.2 Å². The van der Waals surface area contributed by atoms with Gasteiger partial charge in [-0.3, -0.25) is 0 Å². The molecule has 5 aromatic rings. The molecule has 0 saturated carbocycles. The first-order chi connectivity index (χ1) is 22.0. The first-order valence-electron chi connectivity index (χ1n) is 16.8. The van der Waals surface area contributed by atoms with Gasteiger partial charge in [0.05, 0.1) is 27.1 Å². The molecule has 3 aromatic carbocycles. The van der Waals surface area contributed by atoms with Crippen molar-refractivity contribution in [1.82, 2.24) is 0 Å². The highest BCUT2D eigenvalue weighted by atomic mass is 32.1. The maximum Gasteiger partial charge on any atom is 0.343 e. The minimum Gasteiger partial charge on any atom is -0.462 e. The molecule has 0 radical (unpaired) electrons. The monoisotopic (exact) mass is 642 g/mol. The lowest BCUT2D eigenvalue weighted by Crippen LogP contribution is -2.09. The third-order valence-electron chi connectivity index (χ3n) is 8.77. The second-order valence-electron chi connectivity index (χ2n) is 12.3. The van der Waals surface area contributed by atoms with Gasteiger partial charge in [0.25, 0.3) is 0 Å². The van der Waals surface area contributed by atoms with Crippen LogP contribution in [0.3, 0.4) is 0 Å². The van der Waals surface area contributed by atoms with Crippen LogP contribution in [0.2, 0.25) is 0 Å². The highest BCUT2D eigenvalue weighted by molar-refractivity contribution is 7.36. The molecule has 0 unspecified atom stereocenters. The number of ether oxygens (including phenoxy) is 2. The Morgan fingerprint density at radius 1 is 0.689 bits per heavy atom. The van der Waals surface area contributed by atoms with Crippen molar-refractivity contribution in [3.63, 3.8) is 0 Å². The molecule has 0 bridgehead atoms. The van der Waals surface area contributed by atoms with Gasteiger partial charge in [0.1, 0.15) is 5.75 Å². The predicted molar refractivity (Wildman–Crippen MR) is 191 cm³/mol. The topological polar surface area (TPSA) is 52.6 Å². The molecule has 0 fully saturated rings. The van der Waals surface area contributed by atoms with Crippen LogP contribution >= 0.6 is 22.7 Å². The van der Waals surface area contributed by atoms with E-state index in [1.807, 2.05) is 29.5 Å². The van der Waals surface area contributed by atoms with Crippen LogP contribution in [-0.2, 0) is 11.2 Å². The van der Waals surface area contributed by atoms with Gasteiger partial charge in [-0.1, -0.05) is 90.3 Å². The Morgan fingerprint density at radius 3 is 2.00 bits per heavy atom. The highest BCUT2D eigenvalue weighted by Gasteiger charge is 2.16. The molecule has 5 rings (SSSR count). The number of unbranched alkanes of at least 4 members (excludes halogenated alkanes) is 7. The minimum absolute atomic E-state index is 0.354. The molecule has 238 valence electrons. The molecule has 0 saturated heterocycles. The van der Waals surface area contributed by atoms with E-state index in [0.29, 0.717) is 29.4 Å². The molecular formula is C39H46O4S2. The molecule has 2 aromatic heterocycles. The normalized spacial score (nSPS) is 12.2. The van der Waals surface area contributed by atoms with Crippen molar-refractivity contribution in [2.75, 3.05) is 6.61 Å². The van der Waals surface area contributed by atoms with Gasteiger partial charge in [0, 0.05) is 20.2 Å². The third-order valence-corrected chi connectivity index (χ3v) is 11.3. The molecular weight excluding hydrogens is 597 g/mol. The summed E-state index contributed by atoms with van der Waals surface area (Å²) in [7, 11) is 0. The summed E-state index contributed by atoms with van der Waals surface area (Å²) < 4.78 is 16.0. The molecule has 0 N–H and O–H groups in total. The summed E-state index contributed by atoms with van der Waals surface area (Å²) >= 11 is 3.59. The van der Waals surface area contributed by atoms with Gasteiger partial charge in [0.15, 0.2) is 0 Å². The van der Waals surface area contributed by atoms with Gasteiger partial charge in [-0.15, -0.1) is 22.7 Å². The summed E-state index contributed by atoms with van der Waals surface area (Å²) in [4.78, 5) is 25.4. The van der Waals surface area contributed by atoms with E-state index in [-0.39, 0.29) is 5.97 Å². The second kappa shape index (κ2) is 16.4. The number of aryl methyl sites for hydroxylation is 1. The third kappa shape index (κ3) is 8.74. The summed E-state index contributed by atoms with van der Waals surface area (Å²) in [6, 6.07) is 19.3. The van der Waals surface area contributed by atoms with E-state index < -0.39 is 5.97 Å². The highest BCUT2D eigenvalue weighted by Crippen LogP contribution is 2.44. The van der Waals surface area contributed by atoms with Gasteiger partial charge in [0.2, 0.25) is 0 Å². The molecule has 2 heterocycles. The average Bonchev–Trinajstić information content (AvgIpc) is 3.59. The Labute approximate surface area is 275 Å². The Kier molecular flexibility index (Phi) is 12.1. The van der Waals surface area contributed by atoms with E-state index in [1.54, 1.807) is 35.6 Å². The number of esters is 2. The van der Waals surface area contributed by atoms with Crippen molar-refractivity contribution < 1.29 is 19.1 Å². The molecule has 45 heavy (non-hydrogen) atoms. The van der Waals surface area contributed by atoms with Crippen LogP contribution < -0.4 is 4.74 Å². The van der Waals surface area contributed by atoms with Crippen molar-refractivity contribution in [2.24, 2.45) is 5.92 Å². The Hall–Kier alpha value is -3.22. The van der Waals surface area contributed by atoms with Crippen LogP contribution in [0.4, 0.5) is 0 Å². The van der Waals surface area contributed by atoms with Crippen molar-refractivity contribution in [3.05, 3.63) is 77.4 Å². The standard InChI is InChI=1S/C39H46O4S2/c1-4-6-7-8-9-10-11-12-15-28-16-22-32-34(25-28)44-37-33-23-19-30(26-35(33)45-36(32)37)39(41)43-31-20-17-29(18-21-31)38(40)42-24-13-14-27(3)5-2/h16-23,25-27H,4-15,24H2,1-3H3/t27-/m0/s1. The fourth-order valence-electron chi connectivity index (χ4n) is 5.75. The first-order valence-corrected chi connectivity index (χ1v) is 18.5. The van der Waals surface area contributed by atoms with Crippen LogP contribution in [-0.4, -0.2) is 18.5 Å². The number of hydrogen-bond donors (Lipinski definition) is 0. The zero-order valence-electron chi connectivity index (χ0n) is 27.0. The smallest absolute Gasteiger partial charge is 0.343 e. The number of fused-ring (bicyclic) bond motifs is 5. The lowest BCUT2D eigenvalue weighted by atomic mass is 10.0. The Morgan fingerprint density at radius 2 is 1.31 bits per heavy atom. The van der Waals surface area contributed by atoms with Crippen LogP contribution in [0.15, 0.2) is 60.7 Å². The van der Waals surface area contributed by atoms with Crippen LogP contribution in [0.1, 0.15) is 118 Å². The molecule has 0 aliphatic heterocycles. The Bertz CT molecular complexity index is 1710. The first kappa shape index (κ1) is 33.2. The zero-order valence-corrected chi connectivity index (χ0v) is 28.6. The largest absolute Gasteiger partial charge is 0.462 e. The van der Waals surface area contributed by atoms with Crippen LogP contribution in [0.25, 0.3) is 29.6 Å².